The molecule has 0 unspecified atom stereocenters. The fraction of sp³-hybridized carbons (Fsp3) is 0.607. The first kappa shape index (κ1) is 25.7. The Labute approximate surface area is 213 Å². The highest BCUT2D eigenvalue weighted by Gasteiger charge is 2.29. The summed E-state index contributed by atoms with van der Waals surface area (Å²) in [6, 6.07) is 8.06. The molecule has 2 aliphatic carbocycles. The summed E-state index contributed by atoms with van der Waals surface area (Å²) in [4.78, 5) is 30.0. The van der Waals surface area contributed by atoms with Crippen LogP contribution in [0.2, 0.25) is 0 Å². The van der Waals surface area contributed by atoms with E-state index in [-0.39, 0.29) is 23.9 Å². The fourth-order valence-corrected chi connectivity index (χ4v) is 5.89. The number of carbonyl (C=O) groups is 2. The van der Waals surface area contributed by atoms with Crippen LogP contribution in [0.3, 0.4) is 0 Å². The van der Waals surface area contributed by atoms with Gasteiger partial charge in [0.1, 0.15) is 23.1 Å². The van der Waals surface area contributed by atoms with Crippen LogP contribution in [0.1, 0.15) is 105 Å². The first-order chi connectivity index (χ1) is 17.0. The number of rotatable bonds is 10. The van der Waals surface area contributed by atoms with Gasteiger partial charge in [0, 0.05) is 23.9 Å². The molecule has 2 aromatic rings. The maximum Gasteiger partial charge on any atom is 0.271 e. The van der Waals surface area contributed by atoms with Gasteiger partial charge in [-0.1, -0.05) is 64.5 Å². The standard InChI is InChI=1S/C28H39N3O3S/c1-19(2)21-12-14-22(15-13-21)34-17-27-30-25(18-35-27)28(33)31-24-10-6-5-9-23(24)29-26(32)16-11-20-7-3-4-8-20/h12-15,18-20,23-24H,3-11,16-17H2,1-2H3,(H,29,32)(H,31,33)/t23-,24+/m0/s1. The van der Waals surface area contributed by atoms with Gasteiger partial charge in [-0.15, -0.1) is 11.3 Å². The zero-order chi connectivity index (χ0) is 24.6. The zero-order valence-electron chi connectivity index (χ0n) is 21.1. The third-order valence-corrected chi connectivity index (χ3v) is 8.20. The molecule has 2 amide bonds. The fourth-order valence-electron chi connectivity index (χ4n) is 5.21. The van der Waals surface area contributed by atoms with Crippen LogP contribution in [-0.2, 0) is 11.4 Å². The molecule has 6 nitrogen and oxygen atoms in total. The quantitative estimate of drug-likeness (QED) is 0.424. The van der Waals surface area contributed by atoms with E-state index in [1.807, 2.05) is 12.1 Å². The Morgan fingerprint density at radius 1 is 1.00 bits per heavy atom. The molecule has 0 spiro atoms. The van der Waals surface area contributed by atoms with E-state index in [9.17, 15) is 9.59 Å². The highest BCUT2D eigenvalue weighted by atomic mass is 32.1. The van der Waals surface area contributed by atoms with Crippen molar-refractivity contribution in [1.82, 2.24) is 15.6 Å². The molecule has 0 aliphatic heterocycles. The summed E-state index contributed by atoms with van der Waals surface area (Å²) < 4.78 is 5.86. The molecule has 1 aromatic carbocycles. The summed E-state index contributed by atoms with van der Waals surface area (Å²) in [7, 11) is 0. The molecule has 2 atom stereocenters. The number of carbonyl (C=O) groups excluding carboxylic acids is 2. The zero-order valence-corrected chi connectivity index (χ0v) is 21.9. The number of nitrogens with one attached hydrogen (secondary N) is 2. The van der Waals surface area contributed by atoms with Crippen molar-refractivity contribution in [2.75, 3.05) is 0 Å². The second-order valence-electron chi connectivity index (χ2n) is 10.4. The van der Waals surface area contributed by atoms with Crippen LogP contribution in [0.5, 0.6) is 5.75 Å². The second-order valence-corrected chi connectivity index (χ2v) is 11.3. The summed E-state index contributed by atoms with van der Waals surface area (Å²) in [5, 5.41) is 8.91. The van der Waals surface area contributed by atoms with Gasteiger partial charge in [0.15, 0.2) is 0 Å². The Morgan fingerprint density at radius 2 is 1.66 bits per heavy atom. The van der Waals surface area contributed by atoms with Gasteiger partial charge >= 0.3 is 0 Å². The number of nitrogens with zero attached hydrogens (tertiary/aromatic N) is 1. The summed E-state index contributed by atoms with van der Waals surface area (Å²) in [6.07, 6.45) is 10.6. The van der Waals surface area contributed by atoms with Gasteiger partial charge in [-0.25, -0.2) is 4.98 Å². The second kappa shape index (κ2) is 12.5. The van der Waals surface area contributed by atoms with Gasteiger partial charge in [0.25, 0.3) is 5.91 Å². The molecule has 2 N–H and O–H groups in total. The Hall–Kier alpha value is -2.41. The van der Waals surface area contributed by atoms with Gasteiger partial charge in [-0.3, -0.25) is 9.59 Å². The van der Waals surface area contributed by atoms with E-state index >= 15 is 0 Å². The van der Waals surface area contributed by atoms with Crippen LogP contribution >= 0.6 is 11.3 Å². The molecule has 0 radical (unpaired) electrons. The van der Waals surface area contributed by atoms with Crippen molar-refractivity contribution in [1.29, 1.82) is 0 Å². The third kappa shape index (κ3) is 7.53. The SMILES string of the molecule is CC(C)c1ccc(OCc2nc(C(=O)N[C@@H]3CCCC[C@@H]3NC(=O)CCC3CCCC3)cs2)cc1. The lowest BCUT2D eigenvalue weighted by Gasteiger charge is -2.32. The minimum absolute atomic E-state index is 0.000900. The molecule has 2 saturated carbocycles. The average molecular weight is 498 g/mol. The molecule has 4 rings (SSSR count). The largest absolute Gasteiger partial charge is 0.486 e. The number of hydrogen-bond donors (Lipinski definition) is 2. The number of benzene rings is 1. The van der Waals surface area contributed by atoms with E-state index in [0.717, 1.165) is 42.9 Å². The smallest absolute Gasteiger partial charge is 0.271 e. The first-order valence-electron chi connectivity index (χ1n) is 13.3. The molecule has 0 saturated heterocycles. The molecule has 1 aromatic heterocycles. The lowest BCUT2D eigenvalue weighted by atomic mass is 9.90. The molecule has 2 fully saturated rings. The molecule has 0 bridgehead atoms. The third-order valence-electron chi connectivity index (χ3n) is 7.38. The Balaban J connectivity index is 1.25. The van der Waals surface area contributed by atoms with Crippen LogP contribution in [-0.4, -0.2) is 28.9 Å². The Morgan fingerprint density at radius 3 is 2.34 bits per heavy atom. The number of ether oxygens (including phenoxy) is 1. The minimum Gasteiger partial charge on any atom is -0.486 e. The molecule has 1 heterocycles. The molecular weight excluding hydrogens is 458 g/mol. The lowest BCUT2D eigenvalue weighted by molar-refractivity contribution is -0.122. The summed E-state index contributed by atoms with van der Waals surface area (Å²) in [5.41, 5.74) is 1.69. The minimum atomic E-state index is -0.175. The number of amides is 2. The maximum absolute atomic E-state index is 12.9. The van der Waals surface area contributed by atoms with E-state index in [4.69, 9.17) is 4.74 Å². The van der Waals surface area contributed by atoms with Crippen LogP contribution in [0.4, 0.5) is 0 Å². The first-order valence-corrected chi connectivity index (χ1v) is 14.1. The molecule has 190 valence electrons. The van der Waals surface area contributed by atoms with Crippen molar-refractivity contribution in [3.05, 3.63) is 45.9 Å². The van der Waals surface area contributed by atoms with Gasteiger partial charge in [0.05, 0.1) is 0 Å². The molecule has 7 heteroatoms. The van der Waals surface area contributed by atoms with Crippen LogP contribution in [0.15, 0.2) is 29.6 Å². The van der Waals surface area contributed by atoms with E-state index in [2.05, 4.69) is 41.6 Å². The monoisotopic (exact) mass is 497 g/mol. The normalized spacial score (nSPS) is 20.7. The summed E-state index contributed by atoms with van der Waals surface area (Å²) in [6.45, 7) is 4.67. The van der Waals surface area contributed by atoms with Crippen molar-refractivity contribution < 1.29 is 14.3 Å². The van der Waals surface area contributed by atoms with Crippen LogP contribution in [0, 0.1) is 5.92 Å². The molecule has 2 aliphatic rings. The predicted octanol–water partition coefficient (Wildman–Crippen LogP) is 5.97. The number of aromatic nitrogens is 1. The Bertz CT molecular complexity index is 966. The van der Waals surface area contributed by atoms with E-state index in [0.29, 0.717) is 30.6 Å². The maximum atomic E-state index is 12.9. The van der Waals surface area contributed by atoms with Crippen molar-refractivity contribution >= 4 is 23.2 Å². The van der Waals surface area contributed by atoms with Crippen molar-refractivity contribution in [2.45, 2.75) is 103 Å². The van der Waals surface area contributed by atoms with E-state index in [1.54, 1.807) is 5.38 Å². The Kier molecular flexibility index (Phi) is 9.18. The van der Waals surface area contributed by atoms with Crippen LogP contribution < -0.4 is 15.4 Å². The summed E-state index contributed by atoms with van der Waals surface area (Å²) in [5.74, 6) is 1.94. The lowest BCUT2D eigenvalue weighted by Crippen LogP contribution is -2.53. The van der Waals surface area contributed by atoms with Gasteiger partial charge in [-0.05, 0) is 48.8 Å². The topological polar surface area (TPSA) is 80.3 Å². The molecule has 35 heavy (non-hydrogen) atoms. The van der Waals surface area contributed by atoms with Gasteiger partial charge in [0.2, 0.25) is 5.91 Å². The molecular formula is C28H39N3O3S. The number of hydrogen-bond acceptors (Lipinski definition) is 5. The van der Waals surface area contributed by atoms with E-state index < -0.39 is 0 Å². The van der Waals surface area contributed by atoms with Crippen molar-refractivity contribution in [2.24, 2.45) is 5.92 Å². The van der Waals surface area contributed by atoms with Gasteiger partial charge < -0.3 is 15.4 Å². The predicted molar refractivity (Wildman–Crippen MR) is 140 cm³/mol. The van der Waals surface area contributed by atoms with Gasteiger partial charge in [-0.2, -0.15) is 0 Å². The van der Waals surface area contributed by atoms with Crippen molar-refractivity contribution in [3.8, 4) is 5.75 Å². The number of thiazole rings is 1. The average Bonchev–Trinajstić information content (AvgIpc) is 3.55. The van der Waals surface area contributed by atoms with E-state index in [1.165, 1.54) is 42.6 Å². The van der Waals surface area contributed by atoms with Crippen LogP contribution in [0.25, 0.3) is 0 Å². The highest BCUT2D eigenvalue weighted by Crippen LogP contribution is 2.28. The summed E-state index contributed by atoms with van der Waals surface area (Å²) >= 11 is 1.43. The highest BCUT2D eigenvalue weighted by molar-refractivity contribution is 7.09. The van der Waals surface area contributed by atoms with Crippen molar-refractivity contribution in [3.63, 3.8) is 0 Å².